The SMILES string of the molecule is O=C(NC1=NC2=C(CCCC2)C2(CCCCC2)S1)Nc1ccccc1. The average molecular weight is 356 g/mol. The second-order valence-corrected chi connectivity index (χ2v) is 8.52. The van der Waals surface area contributed by atoms with E-state index in [0.717, 1.165) is 17.3 Å². The van der Waals surface area contributed by atoms with Gasteiger partial charge in [-0.1, -0.05) is 49.2 Å². The summed E-state index contributed by atoms with van der Waals surface area (Å²) >= 11 is 1.80. The van der Waals surface area contributed by atoms with E-state index in [4.69, 9.17) is 4.99 Å². The van der Waals surface area contributed by atoms with Crippen molar-refractivity contribution in [2.24, 2.45) is 4.99 Å². The van der Waals surface area contributed by atoms with E-state index in [2.05, 4.69) is 10.6 Å². The van der Waals surface area contributed by atoms with E-state index in [0.29, 0.717) is 0 Å². The van der Waals surface area contributed by atoms with E-state index >= 15 is 0 Å². The van der Waals surface area contributed by atoms with Crippen LogP contribution in [0.15, 0.2) is 46.6 Å². The molecule has 1 saturated carbocycles. The molecule has 4 nitrogen and oxygen atoms in total. The number of rotatable bonds is 1. The van der Waals surface area contributed by atoms with Crippen LogP contribution in [-0.4, -0.2) is 15.9 Å². The average Bonchev–Trinajstić information content (AvgIpc) is 2.63. The van der Waals surface area contributed by atoms with E-state index in [-0.39, 0.29) is 10.8 Å². The van der Waals surface area contributed by atoms with Crippen LogP contribution in [-0.2, 0) is 0 Å². The van der Waals surface area contributed by atoms with Gasteiger partial charge in [0.15, 0.2) is 5.17 Å². The summed E-state index contributed by atoms with van der Waals surface area (Å²) in [5.41, 5.74) is 3.63. The Bertz CT molecular complexity index is 705. The van der Waals surface area contributed by atoms with Gasteiger partial charge in [-0.2, -0.15) is 0 Å². The topological polar surface area (TPSA) is 53.5 Å². The van der Waals surface area contributed by atoms with E-state index in [1.165, 1.54) is 57.1 Å². The van der Waals surface area contributed by atoms with Crippen molar-refractivity contribution in [3.63, 3.8) is 0 Å². The standard InChI is InChI=1S/C20H25N3OS/c24-18(21-15-9-3-1-4-10-15)23-19-22-17-12-6-5-11-16(17)20(25-19)13-7-2-8-14-20/h1,3-4,9-10H,2,5-8,11-14H2,(H2,21,22,23,24). The predicted octanol–water partition coefficient (Wildman–Crippen LogP) is 5.44. The Kier molecular flexibility index (Phi) is 4.84. The molecule has 0 saturated heterocycles. The molecule has 1 fully saturated rings. The Morgan fingerprint density at radius 3 is 2.52 bits per heavy atom. The lowest BCUT2D eigenvalue weighted by Crippen LogP contribution is -2.42. The summed E-state index contributed by atoms with van der Waals surface area (Å²) < 4.78 is 0.186. The molecule has 1 aromatic rings. The second kappa shape index (κ2) is 7.24. The van der Waals surface area contributed by atoms with E-state index in [1.807, 2.05) is 30.3 Å². The van der Waals surface area contributed by atoms with Crippen LogP contribution >= 0.6 is 11.8 Å². The normalized spacial score (nSPS) is 22.2. The zero-order chi connectivity index (χ0) is 17.1. The van der Waals surface area contributed by atoms with Crippen LogP contribution in [0, 0.1) is 0 Å². The highest BCUT2D eigenvalue weighted by Gasteiger charge is 2.42. The first-order chi connectivity index (χ1) is 12.3. The molecule has 0 bridgehead atoms. The molecule has 0 aromatic heterocycles. The maximum atomic E-state index is 12.4. The molecule has 4 rings (SSSR count). The third kappa shape index (κ3) is 3.61. The number of hydrogen-bond acceptors (Lipinski definition) is 3. The predicted molar refractivity (Wildman–Crippen MR) is 105 cm³/mol. The van der Waals surface area contributed by atoms with Crippen LogP contribution < -0.4 is 10.6 Å². The van der Waals surface area contributed by atoms with Crippen LogP contribution in [0.1, 0.15) is 57.8 Å². The van der Waals surface area contributed by atoms with Crippen LogP contribution in [0.25, 0.3) is 0 Å². The van der Waals surface area contributed by atoms with Crippen molar-refractivity contribution < 1.29 is 4.79 Å². The lowest BCUT2D eigenvalue weighted by atomic mass is 9.77. The van der Waals surface area contributed by atoms with Gasteiger partial charge < -0.3 is 5.32 Å². The van der Waals surface area contributed by atoms with E-state index in [9.17, 15) is 4.79 Å². The summed E-state index contributed by atoms with van der Waals surface area (Å²) in [4.78, 5) is 17.2. The summed E-state index contributed by atoms with van der Waals surface area (Å²) in [6, 6.07) is 9.34. The summed E-state index contributed by atoms with van der Waals surface area (Å²) in [7, 11) is 0. The fourth-order valence-electron chi connectivity index (χ4n) is 4.26. The Morgan fingerprint density at radius 2 is 1.72 bits per heavy atom. The first-order valence-corrected chi connectivity index (χ1v) is 10.2. The Labute approximate surface area is 153 Å². The number of urea groups is 1. The Balaban J connectivity index is 1.52. The number of nitrogens with zero attached hydrogens (tertiary/aromatic N) is 1. The van der Waals surface area contributed by atoms with Crippen molar-refractivity contribution >= 4 is 28.6 Å². The summed E-state index contributed by atoms with van der Waals surface area (Å²) in [6.07, 6.45) is 11.1. The summed E-state index contributed by atoms with van der Waals surface area (Å²) in [5.74, 6) is 0. The van der Waals surface area contributed by atoms with Crippen LogP contribution in [0.5, 0.6) is 0 Å². The van der Waals surface area contributed by atoms with Gasteiger partial charge >= 0.3 is 6.03 Å². The quantitative estimate of drug-likeness (QED) is 0.704. The van der Waals surface area contributed by atoms with Crippen molar-refractivity contribution in [1.82, 2.24) is 5.32 Å². The number of fused-ring (bicyclic) bond motifs is 1. The monoisotopic (exact) mass is 355 g/mol. The van der Waals surface area contributed by atoms with Crippen LogP contribution in [0.2, 0.25) is 0 Å². The van der Waals surface area contributed by atoms with E-state index < -0.39 is 0 Å². The Hall–Kier alpha value is -1.75. The zero-order valence-electron chi connectivity index (χ0n) is 14.5. The fraction of sp³-hybridized carbons (Fsp3) is 0.500. The molecule has 25 heavy (non-hydrogen) atoms. The molecule has 1 aliphatic heterocycles. The first kappa shape index (κ1) is 16.7. The van der Waals surface area contributed by atoms with Crippen LogP contribution in [0.3, 0.4) is 0 Å². The van der Waals surface area contributed by atoms with Crippen molar-refractivity contribution in [3.8, 4) is 0 Å². The van der Waals surface area contributed by atoms with Gasteiger partial charge in [-0.25, -0.2) is 9.79 Å². The first-order valence-electron chi connectivity index (χ1n) is 9.38. The van der Waals surface area contributed by atoms with Crippen molar-refractivity contribution in [2.45, 2.75) is 62.5 Å². The van der Waals surface area contributed by atoms with E-state index in [1.54, 1.807) is 17.3 Å². The van der Waals surface area contributed by atoms with Gasteiger partial charge in [-0.05, 0) is 56.2 Å². The molecule has 1 spiro atoms. The molecule has 3 aliphatic rings. The molecule has 2 N–H and O–H groups in total. The number of anilines is 1. The number of amidine groups is 1. The van der Waals surface area contributed by atoms with Gasteiger partial charge in [0.25, 0.3) is 0 Å². The van der Waals surface area contributed by atoms with Crippen molar-refractivity contribution in [1.29, 1.82) is 0 Å². The minimum Gasteiger partial charge on any atom is -0.308 e. The largest absolute Gasteiger partial charge is 0.325 e. The highest BCUT2D eigenvalue weighted by Crippen LogP contribution is 2.52. The Morgan fingerprint density at radius 1 is 0.960 bits per heavy atom. The zero-order valence-corrected chi connectivity index (χ0v) is 15.3. The minimum atomic E-state index is -0.205. The number of nitrogens with one attached hydrogen (secondary N) is 2. The van der Waals surface area contributed by atoms with Gasteiger partial charge in [-0.3, -0.25) is 5.32 Å². The third-order valence-electron chi connectivity index (χ3n) is 5.43. The third-order valence-corrected chi connectivity index (χ3v) is 6.86. The molecule has 1 heterocycles. The molecule has 5 heteroatoms. The van der Waals surface area contributed by atoms with Gasteiger partial charge in [0.05, 0.1) is 0 Å². The summed E-state index contributed by atoms with van der Waals surface area (Å²) in [5, 5.41) is 6.67. The highest BCUT2D eigenvalue weighted by molar-refractivity contribution is 8.15. The number of thioether (sulfide) groups is 1. The number of aliphatic imine (C=N–C) groups is 1. The van der Waals surface area contributed by atoms with Gasteiger partial charge in [0.2, 0.25) is 0 Å². The van der Waals surface area contributed by atoms with Gasteiger partial charge in [0, 0.05) is 16.1 Å². The lowest BCUT2D eigenvalue weighted by Gasteiger charge is -2.43. The second-order valence-electron chi connectivity index (χ2n) is 7.15. The number of carbonyl (C=O) groups excluding carboxylic acids is 1. The number of hydrogen-bond donors (Lipinski definition) is 2. The molecule has 2 amide bonds. The smallest absolute Gasteiger partial charge is 0.308 e. The molecule has 0 radical (unpaired) electrons. The van der Waals surface area contributed by atoms with Gasteiger partial charge in [0.1, 0.15) is 0 Å². The molecule has 0 atom stereocenters. The maximum absolute atomic E-state index is 12.4. The maximum Gasteiger partial charge on any atom is 0.325 e. The number of benzene rings is 1. The number of amides is 2. The molecular formula is C20H25N3OS. The molecule has 132 valence electrons. The minimum absolute atomic E-state index is 0.186. The van der Waals surface area contributed by atoms with Crippen molar-refractivity contribution in [2.75, 3.05) is 5.32 Å². The number of allylic oxidation sites excluding steroid dienone is 1. The molecule has 2 aliphatic carbocycles. The fourth-order valence-corrected chi connectivity index (χ4v) is 5.76. The number of para-hydroxylation sites is 1. The van der Waals surface area contributed by atoms with Gasteiger partial charge in [-0.15, -0.1) is 0 Å². The van der Waals surface area contributed by atoms with Crippen molar-refractivity contribution in [3.05, 3.63) is 41.6 Å². The molecule has 0 unspecified atom stereocenters. The summed E-state index contributed by atoms with van der Waals surface area (Å²) in [6.45, 7) is 0. The molecular weight excluding hydrogens is 330 g/mol. The lowest BCUT2D eigenvalue weighted by molar-refractivity contribution is 0.256. The highest BCUT2D eigenvalue weighted by atomic mass is 32.2. The number of carbonyl (C=O) groups is 1. The van der Waals surface area contributed by atoms with Crippen LogP contribution in [0.4, 0.5) is 10.5 Å². The molecule has 1 aromatic carbocycles.